The van der Waals surface area contributed by atoms with E-state index >= 15 is 0 Å². The number of ether oxygens (including phenoxy) is 1. The molecule has 2 unspecified atom stereocenters. The number of benzene rings is 1. The molecule has 0 bridgehead atoms. The van der Waals surface area contributed by atoms with E-state index in [1.165, 1.54) is 6.42 Å². The Kier molecular flexibility index (Phi) is 5.44. The van der Waals surface area contributed by atoms with Crippen LogP contribution in [0, 0.1) is 5.92 Å². The van der Waals surface area contributed by atoms with Crippen LogP contribution in [-0.2, 0) is 0 Å². The lowest BCUT2D eigenvalue weighted by atomic mass is 9.82. The van der Waals surface area contributed by atoms with E-state index in [0.717, 1.165) is 37.0 Å². The van der Waals surface area contributed by atoms with Crippen LogP contribution in [0.15, 0.2) is 24.3 Å². The van der Waals surface area contributed by atoms with Crippen LogP contribution >= 0.6 is 0 Å². The van der Waals surface area contributed by atoms with E-state index < -0.39 is 12.2 Å². The quantitative estimate of drug-likeness (QED) is 0.867. The van der Waals surface area contributed by atoms with Gasteiger partial charge in [0.2, 0.25) is 0 Å². The summed E-state index contributed by atoms with van der Waals surface area (Å²) in [5.74, 6) is 0.959. The summed E-state index contributed by atoms with van der Waals surface area (Å²) >= 11 is 0. The Balaban J connectivity index is 2.05. The van der Waals surface area contributed by atoms with Gasteiger partial charge in [0.15, 0.2) is 0 Å². The average Bonchev–Trinajstić information content (AvgIpc) is 2.46. The summed E-state index contributed by atoms with van der Waals surface area (Å²) in [5.41, 5.74) is 0.737. The highest BCUT2D eigenvalue weighted by molar-refractivity contribution is 5.30. The minimum atomic E-state index is -0.825. The molecule has 0 radical (unpaired) electrons. The molecule has 112 valence electrons. The predicted molar refractivity (Wildman–Crippen MR) is 79.7 cm³/mol. The summed E-state index contributed by atoms with van der Waals surface area (Å²) < 4.78 is 5.64. The second-order valence-electron chi connectivity index (χ2n) is 6.07. The van der Waals surface area contributed by atoms with Crippen molar-refractivity contribution in [2.45, 2.75) is 64.3 Å². The highest BCUT2D eigenvalue weighted by Crippen LogP contribution is 2.33. The molecular weight excluding hydrogens is 252 g/mol. The Morgan fingerprint density at radius 3 is 2.45 bits per heavy atom. The molecule has 1 fully saturated rings. The van der Waals surface area contributed by atoms with Crippen LogP contribution in [-0.4, -0.2) is 22.4 Å². The Morgan fingerprint density at radius 2 is 1.80 bits per heavy atom. The molecule has 0 spiro atoms. The Labute approximate surface area is 121 Å². The van der Waals surface area contributed by atoms with E-state index in [1.807, 2.05) is 38.1 Å². The van der Waals surface area contributed by atoms with Gasteiger partial charge >= 0.3 is 0 Å². The van der Waals surface area contributed by atoms with Gasteiger partial charge in [-0.3, -0.25) is 0 Å². The van der Waals surface area contributed by atoms with E-state index in [9.17, 15) is 10.2 Å². The lowest BCUT2D eigenvalue weighted by Crippen LogP contribution is -2.29. The highest BCUT2D eigenvalue weighted by atomic mass is 16.5. The summed E-state index contributed by atoms with van der Waals surface area (Å²) in [6.07, 6.45) is 4.19. The van der Waals surface area contributed by atoms with Crippen molar-refractivity contribution in [2.24, 2.45) is 5.92 Å². The largest absolute Gasteiger partial charge is 0.491 e. The SMILES string of the molecule is CC(C)Oc1cccc(C(O)C(O)C2CCCCC2)c1. The molecule has 1 saturated carbocycles. The second-order valence-corrected chi connectivity index (χ2v) is 6.07. The normalized spacial score (nSPS) is 19.9. The van der Waals surface area contributed by atoms with Gasteiger partial charge in [0.05, 0.1) is 12.2 Å². The molecule has 1 aliphatic carbocycles. The van der Waals surface area contributed by atoms with Gasteiger partial charge < -0.3 is 14.9 Å². The first-order valence-corrected chi connectivity index (χ1v) is 7.70. The summed E-state index contributed by atoms with van der Waals surface area (Å²) in [5, 5.41) is 20.8. The van der Waals surface area contributed by atoms with Crippen LogP contribution in [0.2, 0.25) is 0 Å². The molecule has 2 atom stereocenters. The maximum absolute atomic E-state index is 10.4. The summed E-state index contributed by atoms with van der Waals surface area (Å²) in [6.45, 7) is 3.94. The standard InChI is InChI=1S/C17H26O3/c1-12(2)20-15-10-6-9-14(11-15)17(19)16(18)13-7-4-3-5-8-13/h6,9-13,16-19H,3-5,7-8H2,1-2H3. The number of hydrogen-bond donors (Lipinski definition) is 2. The molecular formula is C17H26O3. The van der Waals surface area contributed by atoms with Gasteiger partial charge in [-0.25, -0.2) is 0 Å². The van der Waals surface area contributed by atoms with Gasteiger partial charge in [0.25, 0.3) is 0 Å². The molecule has 2 rings (SSSR count). The third kappa shape index (κ3) is 3.97. The first-order chi connectivity index (χ1) is 9.58. The zero-order valence-electron chi connectivity index (χ0n) is 12.5. The fourth-order valence-corrected chi connectivity index (χ4v) is 2.97. The number of aliphatic hydroxyl groups excluding tert-OH is 2. The lowest BCUT2D eigenvalue weighted by Gasteiger charge is -2.30. The zero-order chi connectivity index (χ0) is 14.5. The fraction of sp³-hybridized carbons (Fsp3) is 0.647. The highest BCUT2D eigenvalue weighted by Gasteiger charge is 2.28. The molecule has 0 amide bonds. The minimum Gasteiger partial charge on any atom is -0.491 e. The van der Waals surface area contributed by atoms with Crippen molar-refractivity contribution >= 4 is 0 Å². The maximum atomic E-state index is 10.4. The fourth-order valence-electron chi connectivity index (χ4n) is 2.97. The maximum Gasteiger partial charge on any atom is 0.120 e. The molecule has 1 aromatic carbocycles. The summed E-state index contributed by atoms with van der Waals surface area (Å²) in [6, 6.07) is 7.42. The molecule has 0 aliphatic heterocycles. The van der Waals surface area contributed by atoms with Crippen LogP contribution in [0.4, 0.5) is 0 Å². The van der Waals surface area contributed by atoms with Crippen molar-refractivity contribution in [1.82, 2.24) is 0 Å². The van der Waals surface area contributed by atoms with Crippen molar-refractivity contribution in [2.75, 3.05) is 0 Å². The molecule has 0 saturated heterocycles. The zero-order valence-corrected chi connectivity index (χ0v) is 12.5. The molecule has 3 heteroatoms. The smallest absolute Gasteiger partial charge is 0.120 e. The van der Waals surface area contributed by atoms with E-state index in [1.54, 1.807) is 0 Å². The first-order valence-electron chi connectivity index (χ1n) is 7.70. The average molecular weight is 278 g/mol. The van der Waals surface area contributed by atoms with Crippen LogP contribution in [0.1, 0.15) is 57.6 Å². The van der Waals surface area contributed by atoms with E-state index in [0.29, 0.717) is 0 Å². The third-order valence-electron chi connectivity index (χ3n) is 4.03. The summed E-state index contributed by atoms with van der Waals surface area (Å²) in [7, 11) is 0. The molecule has 1 aliphatic rings. The Bertz CT molecular complexity index is 410. The molecule has 0 heterocycles. The minimum absolute atomic E-state index is 0.102. The predicted octanol–water partition coefficient (Wildman–Crippen LogP) is 3.45. The Morgan fingerprint density at radius 1 is 1.10 bits per heavy atom. The van der Waals surface area contributed by atoms with Gasteiger partial charge in [-0.15, -0.1) is 0 Å². The molecule has 1 aromatic rings. The number of rotatable bonds is 5. The van der Waals surface area contributed by atoms with Crippen LogP contribution < -0.4 is 4.74 Å². The van der Waals surface area contributed by atoms with Crippen LogP contribution in [0.5, 0.6) is 5.75 Å². The molecule has 3 nitrogen and oxygen atoms in total. The second kappa shape index (κ2) is 7.09. The van der Waals surface area contributed by atoms with Crippen molar-refractivity contribution in [3.05, 3.63) is 29.8 Å². The lowest BCUT2D eigenvalue weighted by molar-refractivity contribution is -0.0286. The van der Waals surface area contributed by atoms with Gasteiger partial charge in [0, 0.05) is 0 Å². The van der Waals surface area contributed by atoms with Crippen molar-refractivity contribution < 1.29 is 14.9 Å². The van der Waals surface area contributed by atoms with E-state index in [2.05, 4.69) is 0 Å². The third-order valence-corrected chi connectivity index (χ3v) is 4.03. The number of hydrogen-bond acceptors (Lipinski definition) is 3. The van der Waals surface area contributed by atoms with Gasteiger partial charge in [0.1, 0.15) is 11.9 Å². The van der Waals surface area contributed by atoms with Crippen molar-refractivity contribution in [3.63, 3.8) is 0 Å². The van der Waals surface area contributed by atoms with Crippen LogP contribution in [0.25, 0.3) is 0 Å². The van der Waals surface area contributed by atoms with Crippen molar-refractivity contribution in [3.8, 4) is 5.75 Å². The Hall–Kier alpha value is -1.06. The molecule has 20 heavy (non-hydrogen) atoms. The van der Waals surface area contributed by atoms with E-state index in [-0.39, 0.29) is 12.0 Å². The van der Waals surface area contributed by atoms with Gasteiger partial charge in [-0.1, -0.05) is 31.4 Å². The van der Waals surface area contributed by atoms with Crippen molar-refractivity contribution in [1.29, 1.82) is 0 Å². The van der Waals surface area contributed by atoms with Gasteiger partial charge in [-0.05, 0) is 50.3 Å². The molecule has 0 aromatic heterocycles. The molecule has 2 N–H and O–H groups in total. The monoisotopic (exact) mass is 278 g/mol. The van der Waals surface area contributed by atoms with E-state index in [4.69, 9.17) is 4.74 Å². The van der Waals surface area contributed by atoms with Gasteiger partial charge in [-0.2, -0.15) is 0 Å². The topological polar surface area (TPSA) is 49.7 Å². The summed E-state index contributed by atoms with van der Waals surface area (Å²) in [4.78, 5) is 0. The first kappa shape index (κ1) is 15.3. The van der Waals surface area contributed by atoms with Crippen LogP contribution in [0.3, 0.4) is 0 Å². The number of aliphatic hydroxyl groups is 2.